The molecular formula is C13H12N6O. The van der Waals surface area contributed by atoms with Gasteiger partial charge < -0.3 is 9.51 Å². The monoisotopic (exact) mass is 268 g/mol. The van der Waals surface area contributed by atoms with Gasteiger partial charge in [0.05, 0.1) is 23.8 Å². The lowest BCUT2D eigenvalue weighted by Crippen LogP contribution is -2.28. The Morgan fingerprint density at radius 2 is 2.15 bits per heavy atom. The van der Waals surface area contributed by atoms with Gasteiger partial charge in [-0.05, 0) is 12.1 Å². The van der Waals surface area contributed by atoms with Gasteiger partial charge in [0.15, 0.2) is 0 Å². The van der Waals surface area contributed by atoms with E-state index in [1.807, 2.05) is 12.1 Å². The molecule has 0 spiro atoms. The second-order valence-corrected chi connectivity index (χ2v) is 4.66. The summed E-state index contributed by atoms with van der Waals surface area (Å²) in [5, 5.41) is 7.39. The predicted octanol–water partition coefficient (Wildman–Crippen LogP) is 1.24. The van der Waals surface area contributed by atoms with Gasteiger partial charge in [-0.1, -0.05) is 5.16 Å². The summed E-state index contributed by atoms with van der Waals surface area (Å²) in [4.78, 5) is 15.8. The largest absolute Gasteiger partial charge is 0.347 e. The molecule has 0 saturated carbocycles. The van der Waals surface area contributed by atoms with Crippen LogP contribution in [0.1, 0.15) is 23.3 Å². The molecule has 4 heterocycles. The first-order chi connectivity index (χ1) is 9.90. The Kier molecular flexibility index (Phi) is 2.56. The maximum Gasteiger partial charge on any atom is 0.244 e. The lowest BCUT2D eigenvalue weighted by molar-refractivity contribution is 0.319. The van der Waals surface area contributed by atoms with Crippen LogP contribution in [-0.2, 0) is 13.0 Å². The lowest BCUT2D eigenvalue weighted by Gasteiger charge is -2.19. The Balaban J connectivity index is 1.60. The lowest BCUT2D eigenvalue weighted by atomic mass is 10.1. The van der Waals surface area contributed by atoms with Crippen LogP contribution in [-0.4, -0.2) is 25.1 Å². The van der Waals surface area contributed by atoms with Crippen molar-refractivity contribution in [1.29, 1.82) is 0 Å². The highest BCUT2D eigenvalue weighted by atomic mass is 16.5. The molecule has 0 saturated heterocycles. The zero-order chi connectivity index (χ0) is 13.4. The van der Waals surface area contributed by atoms with Crippen LogP contribution >= 0.6 is 0 Å². The standard InChI is InChI=1S/C13H12N6O/c1-3-14-4-2-8(1)12-18-13(20-19-12)10-5-9-11(6-15-10)17-7-16-9/h1-4,7,10,15H,5-6H2,(H,16,17). The summed E-state index contributed by atoms with van der Waals surface area (Å²) < 4.78 is 5.37. The Morgan fingerprint density at radius 3 is 3.05 bits per heavy atom. The summed E-state index contributed by atoms with van der Waals surface area (Å²) >= 11 is 0. The van der Waals surface area contributed by atoms with Crippen molar-refractivity contribution in [1.82, 2.24) is 30.4 Å². The van der Waals surface area contributed by atoms with Crippen LogP contribution in [0.2, 0.25) is 0 Å². The van der Waals surface area contributed by atoms with E-state index in [0.29, 0.717) is 11.7 Å². The summed E-state index contributed by atoms with van der Waals surface area (Å²) in [6.45, 7) is 0.729. The third-order valence-corrected chi connectivity index (χ3v) is 3.41. The molecule has 0 aliphatic carbocycles. The third kappa shape index (κ3) is 1.88. The van der Waals surface area contributed by atoms with Gasteiger partial charge in [0, 0.05) is 30.9 Å². The highest BCUT2D eigenvalue weighted by Gasteiger charge is 2.26. The molecule has 100 valence electrons. The Labute approximate surface area is 114 Å². The minimum atomic E-state index is 0.00823. The van der Waals surface area contributed by atoms with Crippen molar-refractivity contribution in [2.45, 2.75) is 19.0 Å². The number of rotatable bonds is 2. The summed E-state index contributed by atoms with van der Waals surface area (Å²) in [7, 11) is 0. The predicted molar refractivity (Wildman–Crippen MR) is 69.4 cm³/mol. The molecule has 1 unspecified atom stereocenters. The first-order valence-electron chi connectivity index (χ1n) is 6.38. The number of hydrogen-bond donors (Lipinski definition) is 2. The molecule has 3 aromatic heterocycles. The van der Waals surface area contributed by atoms with E-state index in [-0.39, 0.29) is 6.04 Å². The number of nitrogens with zero attached hydrogens (tertiary/aromatic N) is 4. The van der Waals surface area contributed by atoms with Crippen LogP contribution in [0, 0.1) is 0 Å². The van der Waals surface area contributed by atoms with Crippen molar-refractivity contribution in [3.8, 4) is 11.4 Å². The molecule has 0 amide bonds. The molecule has 7 heteroatoms. The Bertz CT molecular complexity index is 719. The fraction of sp³-hybridized carbons (Fsp3) is 0.231. The number of aromatic amines is 1. The average Bonchev–Trinajstić information content (AvgIpc) is 3.16. The average molecular weight is 268 g/mol. The summed E-state index contributed by atoms with van der Waals surface area (Å²) in [5.74, 6) is 1.17. The van der Waals surface area contributed by atoms with E-state index < -0.39 is 0 Å². The SMILES string of the molecule is c1cc(-c2noc(C3Cc4nc[nH]c4CN3)n2)ccn1. The van der Waals surface area contributed by atoms with Gasteiger partial charge >= 0.3 is 0 Å². The molecule has 20 heavy (non-hydrogen) atoms. The first kappa shape index (κ1) is 11.3. The zero-order valence-corrected chi connectivity index (χ0v) is 10.6. The second kappa shape index (κ2) is 4.53. The van der Waals surface area contributed by atoms with E-state index >= 15 is 0 Å². The molecule has 0 radical (unpaired) electrons. The number of aromatic nitrogens is 5. The van der Waals surface area contributed by atoms with E-state index in [4.69, 9.17) is 4.52 Å². The smallest absolute Gasteiger partial charge is 0.244 e. The van der Waals surface area contributed by atoms with Crippen LogP contribution < -0.4 is 5.32 Å². The molecule has 0 fully saturated rings. The zero-order valence-electron chi connectivity index (χ0n) is 10.6. The number of imidazole rings is 1. The third-order valence-electron chi connectivity index (χ3n) is 3.41. The van der Waals surface area contributed by atoms with Crippen LogP contribution in [0.4, 0.5) is 0 Å². The number of H-pyrrole nitrogens is 1. The highest BCUT2D eigenvalue weighted by Crippen LogP contribution is 2.24. The molecule has 0 bridgehead atoms. The quantitative estimate of drug-likeness (QED) is 0.726. The number of fused-ring (bicyclic) bond motifs is 1. The Hall–Kier alpha value is -2.54. The van der Waals surface area contributed by atoms with E-state index in [1.165, 1.54) is 0 Å². The first-order valence-corrected chi connectivity index (χ1v) is 6.38. The molecule has 0 aromatic carbocycles. The Morgan fingerprint density at radius 1 is 1.25 bits per heavy atom. The van der Waals surface area contributed by atoms with Crippen molar-refractivity contribution in [2.75, 3.05) is 0 Å². The summed E-state index contributed by atoms with van der Waals surface area (Å²) in [5.41, 5.74) is 3.07. The maximum absolute atomic E-state index is 5.37. The van der Waals surface area contributed by atoms with E-state index in [1.54, 1.807) is 18.7 Å². The molecule has 1 aliphatic heterocycles. The second-order valence-electron chi connectivity index (χ2n) is 4.66. The molecule has 2 N–H and O–H groups in total. The van der Waals surface area contributed by atoms with E-state index in [9.17, 15) is 0 Å². The number of nitrogens with one attached hydrogen (secondary N) is 2. The number of hydrogen-bond acceptors (Lipinski definition) is 6. The molecular weight excluding hydrogens is 256 g/mol. The van der Waals surface area contributed by atoms with E-state index in [2.05, 4.69) is 30.4 Å². The van der Waals surface area contributed by atoms with E-state index in [0.717, 1.165) is 29.9 Å². The van der Waals surface area contributed by atoms with Gasteiger partial charge in [-0.2, -0.15) is 4.98 Å². The minimum Gasteiger partial charge on any atom is -0.347 e. The van der Waals surface area contributed by atoms with Crippen molar-refractivity contribution in [2.24, 2.45) is 0 Å². The van der Waals surface area contributed by atoms with Crippen LogP contribution in [0.3, 0.4) is 0 Å². The topological polar surface area (TPSA) is 92.5 Å². The highest BCUT2D eigenvalue weighted by molar-refractivity contribution is 5.52. The summed E-state index contributed by atoms with van der Waals surface area (Å²) in [6, 6.07) is 3.72. The van der Waals surface area contributed by atoms with Crippen LogP contribution in [0.15, 0.2) is 35.4 Å². The van der Waals surface area contributed by atoms with Gasteiger partial charge in [-0.15, -0.1) is 0 Å². The van der Waals surface area contributed by atoms with Gasteiger partial charge in [0.2, 0.25) is 11.7 Å². The fourth-order valence-corrected chi connectivity index (χ4v) is 2.34. The fourth-order valence-electron chi connectivity index (χ4n) is 2.34. The maximum atomic E-state index is 5.37. The minimum absolute atomic E-state index is 0.00823. The van der Waals surface area contributed by atoms with Crippen LogP contribution in [0.25, 0.3) is 11.4 Å². The molecule has 4 rings (SSSR count). The molecule has 1 atom stereocenters. The normalized spacial score (nSPS) is 17.9. The van der Waals surface area contributed by atoms with Crippen molar-refractivity contribution in [3.63, 3.8) is 0 Å². The van der Waals surface area contributed by atoms with Crippen molar-refractivity contribution >= 4 is 0 Å². The molecule has 3 aromatic rings. The molecule has 7 nitrogen and oxygen atoms in total. The van der Waals surface area contributed by atoms with Crippen molar-refractivity contribution in [3.05, 3.63) is 48.1 Å². The summed E-state index contributed by atoms with van der Waals surface area (Å²) in [6.07, 6.45) is 5.88. The van der Waals surface area contributed by atoms with Crippen LogP contribution in [0.5, 0.6) is 0 Å². The number of pyridine rings is 1. The van der Waals surface area contributed by atoms with Crippen molar-refractivity contribution < 1.29 is 4.52 Å². The van der Waals surface area contributed by atoms with Gasteiger partial charge in [0.25, 0.3) is 0 Å². The van der Waals surface area contributed by atoms with Gasteiger partial charge in [-0.3, -0.25) is 10.3 Å². The van der Waals surface area contributed by atoms with Gasteiger partial charge in [-0.25, -0.2) is 4.98 Å². The molecule has 1 aliphatic rings. The van der Waals surface area contributed by atoms with Gasteiger partial charge in [0.1, 0.15) is 0 Å².